The number of likely N-dealkylation sites (N-methyl/N-ethyl adjacent to an activating group) is 1. The minimum Gasteiger partial charge on any atom is -0.351 e. The summed E-state index contributed by atoms with van der Waals surface area (Å²) in [5.74, 6) is -2.66. The first-order valence-corrected chi connectivity index (χ1v) is 8.16. The Morgan fingerprint density at radius 3 is 2.54 bits per heavy atom. The van der Waals surface area contributed by atoms with E-state index in [9.17, 15) is 14.4 Å². The minimum atomic E-state index is -0.942. The Bertz CT molecular complexity index is 930. The van der Waals surface area contributed by atoms with Gasteiger partial charge in [0.1, 0.15) is 5.92 Å². The van der Waals surface area contributed by atoms with E-state index < -0.39 is 23.5 Å². The number of carbonyl (C=O) groups excluding carboxylic acids is 3. The molecule has 2 aromatic rings. The molecule has 1 aliphatic heterocycles. The van der Waals surface area contributed by atoms with E-state index in [2.05, 4.69) is 11.4 Å². The van der Waals surface area contributed by atoms with Crippen molar-refractivity contribution in [1.29, 1.82) is 5.26 Å². The van der Waals surface area contributed by atoms with Crippen LogP contribution in [0.1, 0.15) is 11.1 Å². The van der Waals surface area contributed by atoms with Gasteiger partial charge in [-0.25, -0.2) is 0 Å². The molecule has 0 aromatic heterocycles. The zero-order chi connectivity index (χ0) is 18.7. The highest BCUT2D eigenvalue weighted by molar-refractivity contribution is 6.42. The van der Waals surface area contributed by atoms with Crippen molar-refractivity contribution in [1.82, 2.24) is 10.2 Å². The molecule has 0 bridgehead atoms. The summed E-state index contributed by atoms with van der Waals surface area (Å²) in [5.41, 5.74) is 3.29. The molecule has 1 saturated heterocycles. The third-order valence-electron chi connectivity index (χ3n) is 4.37. The van der Waals surface area contributed by atoms with E-state index >= 15 is 0 Å². The zero-order valence-electron chi connectivity index (χ0n) is 14.2. The highest BCUT2D eigenvalue weighted by Gasteiger charge is 2.41. The molecule has 26 heavy (non-hydrogen) atoms. The molecule has 3 rings (SSSR count). The quantitative estimate of drug-likeness (QED) is 0.670. The standard InChI is InChI=1S/C20H17N3O3/c1-23-12-17(18(24)20(23)26)19(25)22-11-14-5-3-7-16(9-14)15-6-2-4-13(8-15)10-21/h2-9,17H,11-12H2,1H3,(H,22,25). The van der Waals surface area contributed by atoms with E-state index in [0.29, 0.717) is 5.56 Å². The molecule has 0 radical (unpaired) electrons. The summed E-state index contributed by atoms with van der Waals surface area (Å²) in [5, 5.41) is 11.7. The van der Waals surface area contributed by atoms with Crippen LogP contribution >= 0.6 is 0 Å². The molecular weight excluding hydrogens is 330 g/mol. The number of carbonyl (C=O) groups is 3. The summed E-state index contributed by atoms with van der Waals surface area (Å²) in [6.07, 6.45) is 0. The van der Waals surface area contributed by atoms with Gasteiger partial charge in [-0.3, -0.25) is 14.4 Å². The fourth-order valence-corrected chi connectivity index (χ4v) is 2.92. The van der Waals surface area contributed by atoms with Crippen LogP contribution in [0, 0.1) is 17.2 Å². The second-order valence-electron chi connectivity index (χ2n) is 6.21. The van der Waals surface area contributed by atoms with Crippen LogP contribution in [0.15, 0.2) is 48.5 Å². The van der Waals surface area contributed by atoms with Crippen LogP contribution in [0.2, 0.25) is 0 Å². The number of benzene rings is 2. The first-order valence-electron chi connectivity index (χ1n) is 8.16. The normalized spacial score (nSPS) is 16.5. The van der Waals surface area contributed by atoms with Gasteiger partial charge in [-0.15, -0.1) is 0 Å². The zero-order valence-corrected chi connectivity index (χ0v) is 14.2. The van der Waals surface area contributed by atoms with Gasteiger partial charge in [-0.05, 0) is 34.9 Å². The van der Waals surface area contributed by atoms with Gasteiger partial charge >= 0.3 is 0 Å². The van der Waals surface area contributed by atoms with Crippen molar-refractivity contribution >= 4 is 17.6 Å². The lowest BCUT2D eigenvalue weighted by Gasteiger charge is -2.11. The van der Waals surface area contributed by atoms with E-state index in [1.165, 1.54) is 11.9 Å². The number of nitrogens with zero attached hydrogens (tertiary/aromatic N) is 2. The SMILES string of the molecule is CN1CC(C(=O)NCc2cccc(-c3cccc(C#N)c3)c2)C(=O)C1=O. The molecule has 2 amide bonds. The summed E-state index contributed by atoms with van der Waals surface area (Å²) in [7, 11) is 1.51. The molecule has 1 unspecified atom stereocenters. The van der Waals surface area contributed by atoms with Gasteiger partial charge in [0.05, 0.1) is 11.6 Å². The summed E-state index contributed by atoms with van der Waals surface area (Å²) in [4.78, 5) is 36.8. The Morgan fingerprint density at radius 2 is 1.88 bits per heavy atom. The molecular formula is C20H17N3O3. The van der Waals surface area contributed by atoms with Crippen LogP contribution in [-0.4, -0.2) is 36.1 Å². The molecule has 130 valence electrons. The van der Waals surface area contributed by atoms with Crippen LogP contribution in [0.5, 0.6) is 0 Å². The minimum absolute atomic E-state index is 0.116. The lowest BCUT2D eigenvalue weighted by atomic mass is 10.0. The second-order valence-corrected chi connectivity index (χ2v) is 6.21. The van der Waals surface area contributed by atoms with Crippen LogP contribution in [-0.2, 0) is 20.9 Å². The van der Waals surface area contributed by atoms with Gasteiger partial charge in [0.15, 0.2) is 0 Å². The number of rotatable bonds is 4. The topological polar surface area (TPSA) is 90.3 Å². The Morgan fingerprint density at radius 1 is 1.19 bits per heavy atom. The van der Waals surface area contributed by atoms with Crippen molar-refractivity contribution in [3.05, 3.63) is 59.7 Å². The smallest absolute Gasteiger partial charge is 0.290 e. The molecule has 1 heterocycles. The van der Waals surface area contributed by atoms with Crippen molar-refractivity contribution in [2.45, 2.75) is 6.54 Å². The number of nitrogens with one attached hydrogen (secondary N) is 1. The summed E-state index contributed by atoms with van der Waals surface area (Å²) >= 11 is 0. The van der Waals surface area contributed by atoms with Crippen molar-refractivity contribution in [3.63, 3.8) is 0 Å². The van der Waals surface area contributed by atoms with Crippen molar-refractivity contribution < 1.29 is 14.4 Å². The summed E-state index contributed by atoms with van der Waals surface area (Å²) in [6.45, 7) is 0.372. The first-order chi connectivity index (χ1) is 12.5. The fraction of sp³-hybridized carbons (Fsp3) is 0.200. The van der Waals surface area contributed by atoms with E-state index in [0.717, 1.165) is 16.7 Å². The van der Waals surface area contributed by atoms with E-state index in [4.69, 9.17) is 5.26 Å². The average Bonchev–Trinajstić information content (AvgIpc) is 2.94. The van der Waals surface area contributed by atoms with Crippen LogP contribution < -0.4 is 5.32 Å². The van der Waals surface area contributed by atoms with Crippen molar-refractivity contribution in [2.75, 3.05) is 13.6 Å². The Balaban J connectivity index is 1.70. The molecule has 6 nitrogen and oxygen atoms in total. The number of hydrogen-bond acceptors (Lipinski definition) is 4. The van der Waals surface area contributed by atoms with Gasteiger partial charge in [-0.2, -0.15) is 5.26 Å². The summed E-state index contributed by atoms with van der Waals surface area (Å²) in [6, 6.07) is 17.0. The maximum Gasteiger partial charge on any atom is 0.290 e. The first kappa shape index (κ1) is 17.4. The van der Waals surface area contributed by atoms with E-state index in [1.54, 1.807) is 12.1 Å². The third kappa shape index (κ3) is 3.47. The highest BCUT2D eigenvalue weighted by atomic mass is 16.2. The van der Waals surface area contributed by atoms with Gasteiger partial charge < -0.3 is 10.2 Å². The number of ketones is 1. The van der Waals surface area contributed by atoms with E-state index in [1.807, 2.05) is 36.4 Å². The lowest BCUT2D eigenvalue weighted by molar-refractivity contribution is -0.142. The fourth-order valence-electron chi connectivity index (χ4n) is 2.92. The second kappa shape index (κ2) is 7.19. The predicted molar refractivity (Wildman–Crippen MR) is 94.6 cm³/mol. The number of nitriles is 1. The Kier molecular flexibility index (Phi) is 4.81. The Labute approximate surface area is 151 Å². The van der Waals surface area contributed by atoms with Crippen molar-refractivity contribution in [2.24, 2.45) is 5.92 Å². The molecule has 1 atom stereocenters. The molecule has 0 aliphatic carbocycles. The molecule has 1 fully saturated rings. The highest BCUT2D eigenvalue weighted by Crippen LogP contribution is 2.21. The molecule has 1 N–H and O–H groups in total. The van der Waals surface area contributed by atoms with E-state index in [-0.39, 0.29) is 13.1 Å². The molecule has 0 saturated carbocycles. The number of hydrogen-bond donors (Lipinski definition) is 1. The van der Waals surface area contributed by atoms with Gasteiger partial charge in [-0.1, -0.05) is 30.3 Å². The number of amides is 2. The van der Waals surface area contributed by atoms with Crippen LogP contribution in [0.3, 0.4) is 0 Å². The predicted octanol–water partition coefficient (Wildman–Crippen LogP) is 1.50. The van der Waals surface area contributed by atoms with Crippen molar-refractivity contribution in [3.8, 4) is 17.2 Å². The largest absolute Gasteiger partial charge is 0.351 e. The lowest BCUT2D eigenvalue weighted by Crippen LogP contribution is -2.35. The maximum absolute atomic E-state index is 12.2. The number of likely N-dealkylation sites (tertiary alicyclic amines) is 1. The molecule has 0 spiro atoms. The molecule has 2 aromatic carbocycles. The summed E-state index contributed by atoms with van der Waals surface area (Å²) < 4.78 is 0. The molecule has 1 aliphatic rings. The van der Waals surface area contributed by atoms with Gasteiger partial charge in [0.25, 0.3) is 5.91 Å². The maximum atomic E-state index is 12.2. The molecule has 6 heteroatoms. The van der Waals surface area contributed by atoms with Crippen LogP contribution in [0.4, 0.5) is 0 Å². The van der Waals surface area contributed by atoms with Crippen LogP contribution in [0.25, 0.3) is 11.1 Å². The Hall–Kier alpha value is -3.46. The average molecular weight is 347 g/mol. The third-order valence-corrected chi connectivity index (χ3v) is 4.37. The van der Waals surface area contributed by atoms with Gasteiger partial charge in [0.2, 0.25) is 11.7 Å². The monoisotopic (exact) mass is 347 g/mol. The van der Waals surface area contributed by atoms with Gasteiger partial charge in [0, 0.05) is 20.1 Å². The number of Topliss-reactive ketones (excluding diaryl/α,β-unsaturated/α-hetero) is 1.